The van der Waals surface area contributed by atoms with Gasteiger partial charge in [0.2, 0.25) is 5.91 Å². The largest absolute Gasteiger partial charge is 0.355 e. The molecule has 2 saturated heterocycles. The van der Waals surface area contributed by atoms with Crippen LogP contribution in [0.3, 0.4) is 0 Å². The van der Waals surface area contributed by atoms with Crippen LogP contribution in [-0.4, -0.2) is 40.4 Å². The average Bonchev–Trinajstić information content (AvgIpc) is 3.32. The molecule has 0 N–H and O–H groups in total. The second kappa shape index (κ2) is 7.71. The molecule has 2 fully saturated rings. The van der Waals surface area contributed by atoms with E-state index in [1.165, 1.54) is 5.56 Å². The van der Waals surface area contributed by atoms with Gasteiger partial charge in [0, 0.05) is 43.3 Å². The number of rotatable bonds is 4. The number of likely N-dealkylation sites (tertiary alicyclic amines) is 1. The lowest BCUT2D eigenvalue weighted by Gasteiger charge is -2.30. The smallest absolute Gasteiger partial charge is 0.223 e. The third kappa shape index (κ3) is 3.22. The van der Waals surface area contributed by atoms with Gasteiger partial charge in [-0.15, -0.1) is 0 Å². The zero-order chi connectivity index (χ0) is 20.7. The van der Waals surface area contributed by atoms with Gasteiger partial charge in [-0.3, -0.25) is 4.79 Å². The fourth-order valence-electron chi connectivity index (χ4n) is 5.32. The van der Waals surface area contributed by atoms with Gasteiger partial charge in [0.15, 0.2) is 0 Å². The van der Waals surface area contributed by atoms with Crippen LogP contribution in [0.1, 0.15) is 37.2 Å². The Kier molecular flexibility index (Phi) is 4.89. The standard InChI is InChI=1S/C25H28N4O/c1-3-9-23(30)29-15-19-14-28(16-21(19)24(29)18-10-5-4-6-11-18)25-20-12-7-8-13-22(20)26-17(2)27-25/h4-8,10-13,19,21,24H,3,9,14-16H2,1-2H3/t19-,21-,24+/m0/s1. The third-order valence-electron chi connectivity index (χ3n) is 6.58. The Morgan fingerprint density at radius 3 is 2.57 bits per heavy atom. The number of para-hydroxylation sites is 1. The maximum atomic E-state index is 12.9. The van der Waals surface area contributed by atoms with Crippen molar-refractivity contribution in [1.82, 2.24) is 14.9 Å². The first-order chi connectivity index (χ1) is 14.7. The molecule has 2 aliphatic rings. The lowest BCUT2D eigenvalue weighted by molar-refractivity contribution is -0.132. The van der Waals surface area contributed by atoms with Gasteiger partial charge in [-0.1, -0.05) is 49.4 Å². The molecule has 0 radical (unpaired) electrons. The minimum absolute atomic E-state index is 0.148. The second-order valence-corrected chi connectivity index (χ2v) is 8.59. The van der Waals surface area contributed by atoms with Gasteiger partial charge in [0.25, 0.3) is 0 Å². The first-order valence-corrected chi connectivity index (χ1v) is 11.0. The van der Waals surface area contributed by atoms with E-state index in [0.717, 1.165) is 48.6 Å². The van der Waals surface area contributed by atoms with Crippen LogP contribution in [-0.2, 0) is 4.79 Å². The van der Waals surface area contributed by atoms with Crippen LogP contribution in [0.5, 0.6) is 0 Å². The highest BCUT2D eigenvalue weighted by molar-refractivity contribution is 5.89. The van der Waals surface area contributed by atoms with Crippen LogP contribution >= 0.6 is 0 Å². The van der Waals surface area contributed by atoms with Crippen molar-refractivity contribution in [3.8, 4) is 0 Å². The summed E-state index contributed by atoms with van der Waals surface area (Å²) in [5.74, 6) is 3.01. The van der Waals surface area contributed by atoms with E-state index < -0.39 is 0 Å². The number of hydrogen-bond acceptors (Lipinski definition) is 4. The monoisotopic (exact) mass is 400 g/mol. The highest BCUT2D eigenvalue weighted by Gasteiger charge is 2.49. The number of benzene rings is 2. The number of anilines is 1. The molecule has 2 aliphatic heterocycles. The van der Waals surface area contributed by atoms with Crippen molar-refractivity contribution in [3.63, 3.8) is 0 Å². The Balaban J connectivity index is 1.49. The molecule has 5 heteroatoms. The summed E-state index contributed by atoms with van der Waals surface area (Å²) in [5, 5.41) is 1.11. The molecule has 0 bridgehead atoms. The number of amides is 1. The molecule has 0 unspecified atom stereocenters. The van der Waals surface area contributed by atoms with E-state index in [9.17, 15) is 4.79 Å². The van der Waals surface area contributed by atoms with Crippen LogP contribution in [0, 0.1) is 18.8 Å². The number of carbonyl (C=O) groups is 1. The summed E-state index contributed by atoms with van der Waals surface area (Å²) in [6, 6.07) is 19.0. The Morgan fingerprint density at radius 1 is 1.00 bits per heavy atom. The van der Waals surface area contributed by atoms with Crippen molar-refractivity contribution in [1.29, 1.82) is 0 Å². The summed E-state index contributed by atoms with van der Waals surface area (Å²) >= 11 is 0. The molecule has 3 aromatic rings. The Bertz CT molecular complexity index is 1070. The number of carbonyl (C=O) groups excluding carboxylic acids is 1. The fourth-order valence-corrected chi connectivity index (χ4v) is 5.32. The normalized spacial score (nSPS) is 23.2. The Morgan fingerprint density at radius 2 is 1.77 bits per heavy atom. The summed E-state index contributed by atoms with van der Waals surface area (Å²) in [7, 11) is 0. The molecule has 1 amide bonds. The molecule has 5 nitrogen and oxygen atoms in total. The number of aromatic nitrogens is 2. The molecule has 3 atom stereocenters. The molecule has 0 saturated carbocycles. The minimum Gasteiger partial charge on any atom is -0.355 e. The molecule has 0 spiro atoms. The SMILES string of the molecule is CCCC(=O)N1C[C@@H]2CN(c3nc(C)nc4ccccc34)C[C@@H]2[C@H]1c1ccccc1. The fraction of sp³-hybridized carbons (Fsp3) is 0.400. The number of hydrogen-bond donors (Lipinski definition) is 0. The Hall–Kier alpha value is -2.95. The van der Waals surface area contributed by atoms with Crippen LogP contribution in [0.15, 0.2) is 54.6 Å². The number of fused-ring (bicyclic) bond motifs is 2. The molecule has 1 aromatic heterocycles. The van der Waals surface area contributed by atoms with Gasteiger partial charge in [-0.05, 0) is 31.0 Å². The second-order valence-electron chi connectivity index (χ2n) is 8.59. The minimum atomic E-state index is 0.148. The van der Waals surface area contributed by atoms with Crippen LogP contribution in [0.4, 0.5) is 5.82 Å². The van der Waals surface area contributed by atoms with Crippen molar-refractivity contribution in [2.45, 2.75) is 32.7 Å². The van der Waals surface area contributed by atoms with Crippen LogP contribution < -0.4 is 4.90 Å². The van der Waals surface area contributed by atoms with Crippen molar-refractivity contribution >= 4 is 22.6 Å². The molecule has 5 rings (SSSR count). The summed E-state index contributed by atoms with van der Waals surface area (Å²) in [6.45, 7) is 6.73. The van der Waals surface area contributed by atoms with Gasteiger partial charge >= 0.3 is 0 Å². The van der Waals surface area contributed by atoms with E-state index in [1.807, 2.05) is 19.1 Å². The molecular formula is C25H28N4O. The van der Waals surface area contributed by atoms with E-state index in [1.54, 1.807) is 0 Å². The van der Waals surface area contributed by atoms with Crippen LogP contribution in [0.2, 0.25) is 0 Å². The van der Waals surface area contributed by atoms with E-state index in [4.69, 9.17) is 4.98 Å². The lowest BCUT2D eigenvalue weighted by Crippen LogP contribution is -2.35. The van der Waals surface area contributed by atoms with E-state index in [-0.39, 0.29) is 11.9 Å². The average molecular weight is 401 g/mol. The van der Waals surface area contributed by atoms with Crippen molar-refractivity contribution in [3.05, 3.63) is 66.0 Å². The summed E-state index contributed by atoms with van der Waals surface area (Å²) in [4.78, 5) is 26.9. The molecular weight excluding hydrogens is 372 g/mol. The number of nitrogens with zero attached hydrogens (tertiary/aromatic N) is 4. The Labute approximate surface area is 177 Å². The van der Waals surface area contributed by atoms with Crippen molar-refractivity contribution in [2.24, 2.45) is 11.8 Å². The highest BCUT2D eigenvalue weighted by Crippen LogP contribution is 2.46. The summed E-state index contributed by atoms with van der Waals surface area (Å²) < 4.78 is 0. The maximum absolute atomic E-state index is 12.9. The molecule has 2 aromatic carbocycles. The molecule has 154 valence electrons. The van der Waals surface area contributed by atoms with Crippen molar-refractivity contribution in [2.75, 3.05) is 24.5 Å². The van der Waals surface area contributed by atoms with Gasteiger partial charge in [0.05, 0.1) is 11.6 Å². The van der Waals surface area contributed by atoms with Crippen LogP contribution in [0.25, 0.3) is 10.9 Å². The first-order valence-electron chi connectivity index (χ1n) is 11.0. The quantitative estimate of drug-likeness (QED) is 0.652. The van der Waals surface area contributed by atoms with E-state index in [2.05, 4.69) is 64.2 Å². The third-order valence-corrected chi connectivity index (χ3v) is 6.58. The summed E-state index contributed by atoms with van der Waals surface area (Å²) in [6.07, 6.45) is 1.52. The topological polar surface area (TPSA) is 49.3 Å². The maximum Gasteiger partial charge on any atom is 0.223 e. The van der Waals surface area contributed by atoms with Gasteiger partial charge < -0.3 is 9.80 Å². The molecule has 0 aliphatic carbocycles. The molecule has 30 heavy (non-hydrogen) atoms. The predicted octanol–water partition coefficient (Wildman–Crippen LogP) is 4.37. The zero-order valence-electron chi connectivity index (χ0n) is 17.7. The predicted molar refractivity (Wildman–Crippen MR) is 119 cm³/mol. The molecule has 3 heterocycles. The highest BCUT2D eigenvalue weighted by atomic mass is 16.2. The van der Waals surface area contributed by atoms with E-state index >= 15 is 0 Å². The summed E-state index contributed by atoms with van der Waals surface area (Å²) in [5.41, 5.74) is 2.25. The zero-order valence-corrected chi connectivity index (χ0v) is 17.7. The van der Waals surface area contributed by atoms with Gasteiger partial charge in [0.1, 0.15) is 11.6 Å². The van der Waals surface area contributed by atoms with E-state index in [0.29, 0.717) is 18.3 Å². The lowest BCUT2D eigenvalue weighted by atomic mass is 9.89. The van der Waals surface area contributed by atoms with Gasteiger partial charge in [-0.2, -0.15) is 0 Å². The first kappa shape index (κ1) is 19.0. The number of aryl methyl sites for hydroxylation is 1. The van der Waals surface area contributed by atoms with Gasteiger partial charge in [-0.25, -0.2) is 9.97 Å². The van der Waals surface area contributed by atoms with Crippen molar-refractivity contribution < 1.29 is 4.79 Å².